The van der Waals surface area contributed by atoms with Crippen LogP contribution in [0.5, 0.6) is 0 Å². The summed E-state index contributed by atoms with van der Waals surface area (Å²) in [6.07, 6.45) is -4.50. The fourth-order valence-electron chi connectivity index (χ4n) is 1.52. The molecule has 0 unspecified atom stereocenters. The van der Waals surface area contributed by atoms with E-state index in [2.05, 4.69) is 10.1 Å². The first-order valence-corrected chi connectivity index (χ1v) is 6.56. The minimum Gasteiger partial charge on any atom is -0.464 e. The number of ether oxygens (including phenoxy) is 2. The molecule has 118 valence electrons. The number of esters is 1. The monoisotopic (exact) mass is 325 g/mol. The Morgan fingerprint density at radius 3 is 2.71 bits per heavy atom. The maximum absolute atomic E-state index is 12.8. The highest BCUT2D eigenvalue weighted by molar-refractivity contribution is 6.30. The highest BCUT2D eigenvalue weighted by atomic mass is 35.5. The summed E-state index contributed by atoms with van der Waals surface area (Å²) >= 11 is 5.57. The fourth-order valence-corrected chi connectivity index (χ4v) is 1.69. The highest BCUT2D eigenvalue weighted by Gasteiger charge is 2.33. The molecule has 21 heavy (non-hydrogen) atoms. The summed E-state index contributed by atoms with van der Waals surface area (Å²) < 4.78 is 48.0. The number of rotatable bonds is 7. The van der Waals surface area contributed by atoms with Crippen molar-refractivity contribution in [3.63, 3.8) is 0 Å². The summed E-state index contributed by atoms with van der Waals surface area (Å²) in [4.78, 5) is 11.0. The second-order valence-electron chi connectivity index (χ2n) is 3.97. The van der Waals surface area contributed by atoms with E-state index in [0.717, 1.165) is 6.07 Å². The van der Waals surface area contributed by atoms with Crippen LogP contribution in [0.15, 0.2) is 18.2 Å². The lowest BCUT2D eigenvalue weighted by Crippen LogP contribution is -2.18. The largest absolute Gasteiger partial charge is 0.464 e. The molecular formula is C13H15ClF3NO3. The number of carbonyl (C=O) groups is 1. The van der Waals surface area contributed by atoms with Crippen LogP contribution in [0.4, 0.5) is 18.9 Å². The first-order chi connectivity index (χ1) is 9.84. The van der Waals surface area contributed by atoms with Crippen LogP contribution in [0, 0.1) is 0 Å². The lowest BCUT2D eigenvalue weighted by atomic mass is 10.1. The predicted octanol–water partition coefficient (Wildman–Crippen LogP) is 3.35. The summed E-state index contributed by atoms with van der Waals surface area (Å²) in [6, 6.07) is 3.46. The van der Waals surface area contributed by atoms with E-state index in [9.17, 15) is 18.0 Å². The molecule has 0 spiro atoms. The number of alkyl halides is 3. The molecule has 0 atom stereocenters. The van der Waals surface area contributed by atoms with Gasteiger partial charge in [-0.25, -0.2) is 4.79 Å². The molecule has 1 aromatic rings. The fraction of sp³-hybridized carbons (Fsp3) is 0.462. The molecule has 4 nitrogen and oxygen atoms in total. The molecule has 1 rings (SSSR count). The lowest BCUT2D eigenvalue weighted by molar-refractivity contribution is -0.148. The van der Waals surface area contributed by atoms with Crippen molar-refractivity contribution in [1.29, 1.82) is 0 Å². The number of benzene rings is 1. The van der Waals surface area contributed by atoms with Crippen LogP contribution >= 0.6 is 11.6 Å². The summed E-state index contributed by atoms with van der Waals surface area (Å²) in [6.45, 7) is 1.87. The first-order valence-electron chi connectivity index (χ1n) is 6.18. The van der Waals surface area contributed by atoms with E-state index in [-0.39, 0.29) is 37.1 Å². The minimum absolute atomic E-state index is 0.00596. The van der Waals surface area contributed by atoms with E-state index >= 15 is 0 Å². The molecule has 0 saturated heterocycles. The van der Waals surface area contributed by atoms with Gasteiger partial charge in [-0.05, 0) is 25.1 Å². The number of carbonyl (C=O) groups excluding carboxylic acids is 1. The Labute approximate surface area is 125 Å². The van der Waals surface area contributed by atoms with Crippen molar-refractivity contribution in [2.24, 2.45) is 0 Å². The third-order valence-corrected chi connectivity index (χ3v) is 2.61. The molecule has 0 heterocycles. The van der Waals surface area contributed by atoms with Gasteiger partial charge in [-0.3, -0.25) is 0 Å². The van der Waals surface area contributed by atoms with Crippen LogP contribution < -0.4 is 5.32 Å². The lowest BCUT2D eigenvalue weighted by Gasteiger charge is -2.15. The minimum atomic E-state index is -4.50. The van der Waals surface area contributed by atoms with E-state index < -0.39 is 17.7 Å². The maximum Gasteiger partial charge on any atom is 0.418 e. The Bertz CT molecular complexity index is 480. The molecule has 0 aliphatic heterocycles. The van der Waals surface area contributed by atoms with Crippen molar-refractivity contribution < 1.29 is 27.4 Å². The van der Waals surface area contributed by atoms with E-state index in [0.29, 0.717) is 0 Å². The van der Waals surface area contributed by atoms with Crippen molar-refractivity contribution in [1.82, 2.24) is 0 Å². The molecule has 0 fully saturated rings. The normalized spacial score (nSPS) is 11.3. The van der Waals surface area contributed by atoms with Crippen molar-refractivity contribution in [2.45, 2.75) is 13.1 Å². The number of anilines is 1. The molecule has 0 bridgehead atoms. The third kappa shape index (κ3) is 6.22. The number of nitrogens with one attached hydrogen (secondary N) is 1. The molecule has 0 radical (unpaired) electrons. The molecule has 1 N–H and O–H groups in total. The quantitative estimate of drug-likeness (QED) is 0.617. The molecule has 8 heteroatoms. The Morgan fingerprint density at radius 2 is 2.10 bits per heavy atom. The zero-order valence-corrected chi connectivity index (χ0v) is 12.1. The van der Waals surface area contributed by atoms with Gasteiger partial charge in [0.1, 0.15) is 6.61 Å². The van der Waals surface area contributed by atoms with Gasteiger partial charge in [0.15, 0.2) is 0 Å². The zero-order valence-electron chi connectivity index (χ0n) is 11.3. The molecular weight excluding hydrogens is 311 g/mol. The maximum atomic E-state index is 12.8. The molecule has 0 aliphatic rings. The second kappa shape index (κ2) is 8.09. The van der Waals surface area contributed by atoms with E-state index in [1.807, 2.05) is 0 Å². The third-order valence-electron chi connectivity index (χ3n) is 2.37. The van der Waals surface area contributed by atoms with Crippen molar-refractivity contribution in [3.05, 3.63) is 28.8 Å². The van der Waals surface area contributed by atoms with Gasteiger partial charge in [0.2, 0.25) is 0 Å². The molecule has 0 aliphatic carbocycles. The number of halogens is 4. The van der Waals surface area contributed by atoms with Gasteiger partial charge >= 0.3 is 12.1 Å². The van der Waals surface area contributed by atoms with Crippen LogP contribution in [0.25, 0.3) is 0 Å². The topological polar surface area (TPSA) is 47.6 Å². The van der Waals surface area contributed by atoms with Gasteiger partial charge in [0.05, 0.1) is 18.8 Å². The molecule has 0 saturated carbocycles. The summed E-state index contributed by atoms with van der Waals surface area (Å²) in [5.74, 6) is -0.514. The van der Waals surface area contributed by atoms with Crippen molar-refractivity contribution in [2.75, 3.05) is 31.7 Å². The van der Waals surface area contributed by atoms with Gasteiger partial charge < -0.3 is 14.8 Å². The van der Waals surface area contributed by atoms with Gasteiger partial charge in [-0.1, -0.05) is 11.6 Å². The summed E-state index contributed by atoms with van der Waals surface area (Å²) in [5.41, 5.74) is -0.938. The van der Waals surface area contributed by atoms with Crippen LogP contribution in [0.2, 0.25) is 5.02 Å². The first kappa shape index (κ1) is 17.6. The van der Waals surface area contributed by atoms with Crippen LogP contribution in [-0.4, -0.2) is 32.3 Å². The zero-order chi connectivity index (χ0) is 15.9. The molecule has 0 amide bonds. The molecule has 0 aromatic heterocycles. The van der Waals surface area contributed by atoms with E-state index in [1.54, 1.807) is 6.92 Å². The highest BCUT2D eigenvalue weighted by Crippen LogP contribution is 2.36. The van der Waals surface area contributed by atoms with Crippen molar-refractivity contribution in [3.8, 4) is 0 Å². The number of hydrogen-bond donors (Lipinski definition) is 1. The Balaban J connectivity index is 2.47. The number of hydrogen-bond acceptors (Lipinski definition) is 4. The van der Waals surface area contributed by atoms with Crippen molar-refractivity contribution >= 4 is 23.3 Å². The second-order valence-corrected chi connectivity index (χ2v) is 4.41. The average molecular weight is 326 g/mol. The van der Waals surface area contributed by atoms with Gasteiger partial charge in [0, 0.05) is 17.3 Å². The standard InChI is InChI=1S/C13H15ClF3NO3/c1-2-21-12(19)8-20-6-5-18-11-4-3-9(14)7-10(11)13(15,16)17/h3-4,7,18H,2,5-6,8H2,1H3. The summed E-state index contributed by atoms with van der Waals surface area (Å²) in [7, 11) is 0. The van der Waals surface area contributed by atoms with Gasteiger partial charge in [0.25, 0.3) is 0 Å². The molecule has 1 aromatic carbocycles. The van der Waals surface area contributed by atoms with Gasteiger partial charge in [-0.2, -0.15) is 13.2 Å². The summed E-state index contributed by atoms with van der Waals surface area (Å²) in [5, 5.41) is 2.60. The van der Waals surface area contributed by atoms with E-state index in [4.69, 9.17) is 16.3 Å². The van der Waals surface area contributed by atoms with Gasteiger partial charge in [-0.15, -0.1) is 0 Å². The SMILES string of the molecule is CCOC(=O)COCCNc1ccc(Cl)cc1C(F)(F)F. The van der Waals surface area contributed by atoms with Crippen LogP contribution in [-0.2, 0) is 20.4 Å². The Hall–Kier alpha value is -1.47. The Kier molecular flexibility index (Phi) is 6.77. The van der Waals surface area contributed by atoms with Crippen LogP contribution in [0.3, 0.4) is 0 Å². The smallest absolute Gasteiger partial charge is 0.418 e. The Morgan fingerprint density at radius 1 is 1.38 bits per heavy atom. The average Bonchev–Trinajstić information content (AvgIpc) is 2.39. The van der Waals surface area contributed by atoms with Crippen LogP contribution in [0.1, 0.15) is 12.5 Å². The predicted molar refractivity (Wildman–Crippen MR) is 72.4 cm³/mol. The van der Waals surface area contributed by atoms with E-state index in [1.165, 1.54) is 12.1 Å².